The Bertz CT molecular complexity index is 2330. The van der Waals surface area contributed by atoms with Gasteiger partial charge in [0.05, 0.1) is 11.2 Å². The predicted octanol–water partition coefficient (Wildman–Crippen LogP) is 11.2. The van der Waals surface area contributed by atoms with Crippen molar-refractivity contribution in [2.75, 3.05) is 0 Å². The van der Waals surface area contributed by atoms with Gasteiger partial charge in [0.25, 0.3) is 0 Å². The van der Waals surface area contributed by atoms with Gasteiger partial charge in [-0.05, 0) is 61.2 Å². The highest BCUT2D eigenvalue weighted by Gasteiger charge is 2.28. The third-order valence-electron chi connectivity index (χ3n) is 8.80. The highest BCUT2D eigenvalue weighted by molar-refractivity contribution is 6.21. The first kappa shape index (κ1) is 23.2. The van der Waals surface area contributed by atoms with Crippen LogP contribution >= 0.6 is 0 Å². The third-order valence-corrected chi connectivity index (χ3v) is 8.80. The Labute approximate surface area is 244 Å². The summed E-state index contributed by atoms with van der Waals surface area (Å²) in [6, 6.07) is 54.8. The van der Waals surface area contributed by atoms with Gasteiger partial charge in [-0.25, -0.2) is 4.98 Å². The number of hydrogen-bond donors (Lipinski definition) is 0. The van der Waals surface area contributed by atoms with Gasteiger partial charge in [-0.1, -0.05) is 146 Å². The quantitative estimate of drug-likeness (QED) is 0.207. The second kappa shape index (κ2) is 8.99. The molecule has 1 nitrogen and oxygen atoms in total. The van der Waals surface area contributed by atoms with Crippen LogP contribution in [0.4, 0.5) is 0 Å². The van der Waals surface area contributed by atoms with E-state index in [0.717, 1.165) is 11.2 Å². The minimum Gasteiger partial charge on any atom is -0.247 e. The van der Waals surface area contributed by atoms with Gasteiger partial charge in [-0.15, -0.1) is 0 Å². The number of hydrogen-bond acceptors (Lipinski definition) is 1. The number of pyridine rings is 1. The molecule has 1 aliphatic rings. The molecule has 0 radical (unpaired) electrons. The molecule has 0 fully saturated rings. The topological polar surface area (TPSA) is 12.9 Å². The molecule has 0 amide bonds. The number of fused-ring (bicyclic) bond motifs is 6. The molecule has 0 bridgehead atoms. The summed E-state index contributed by atoms with van der Waals surface area (Å²) in [5.74, 6) is 0. The highest BCUT2D eigenvalue weighted by atomic mass is 14.7. The number of benzene rings is 7. The van der Waals surface area contributed by atoms with Gasteiger partial charge in [0.15, 0.2) is 0 Å². The average molecular weight is 532 g/mol. The summed E-state index contributed by atoms with van der Waals surface area (Å²) >= 11 is 0. The van der Waals surface area contributed by atoms with Crippen LogP contribution in [0, 0.1) is 0 Å². The Morgan fingerprint density at radius 2 is 0.952 bits per heavy atom. The molecule has 1 aliphatic carbocycles. The standard InChI is InChI=1S/C41H25N/c1-3-11-26(12-4-1)30-23-24-33(40-35-20-10-17-29-16-9-19-34(38(29)35)39(30)40)37-25-36(27-13-5-2-6-14-27)32-22-21-28-15-7-8-18-31(28)41(32)42-37/h1-25H. The number of rotatable bonds is 3. The third kappa shape index (κ3) is 3.34. The van der Waals surface area contributed by atoms with E-state index in [1.807, 2.05) is 0 Å². The molecule has 8 aromatic rings. The molecule has 1 aromatic heterocycles. The monoisotopic (exact) mass is 531 g/mol. The van der Waals surface area contributed by atoms with Crippen molar-refractivity contribution in [3.05, 3.63) is 152 Å². The van der Waals surface area contributed by atoms with Crippen molar-refractivity contribution in [3.63, 3.8) is 0 Å². The molecule has 0 aliphatic heterocycles. The summed E-state index contributed by atoms with van der Waals surface area (Å²) in [7, 11) is 0. The van der Waals surface area contributed by atoms with Crippen LogP contribution in [0.15, 0.2) is 152 Å². The lowest BCUT2D eigenvalue weighted by atomic mass is 9.88. The first-order valence-corrected chi connectivity index (χ1v) is 14.5. The van der Waals surface area contributed by atoms with E-state index in [9.17, 15) is 0 Å². The summed E-state index contributed by atoms with van der Waals surface area (Å²) in [5, 5.41) is 6.15. The van der Waals surface area contributed by atoms with Crippen molar-refractivity contribution in [1.29, 1.82) is 0 Å². The predicted molar refractivity (Wildman–Crippen MR) is 177 cm³/mol. The van der Waals surface area contributed by atoms with Gasteiger partial charge in [0.1, 0.15) is 0 Å². The first-order chi connectivity index (χ1) is 20.8. The lowest BCUT2D eigenvalue weighted by Gasteiger charge is -2.17. The van der Waals surface area contributed by atoms with Crippen LogP contribution in [0.25, 0.3) is 88.2 Å². The van der Waals surface area contributed by atoms with Gasteiger partial charge in [0.2, 0.25) is 0 Å². The van der Waals surface area contributed by atoms with E-state index in [-0.39, 0.29) is 0 Å². The van der Waals surface area contributed by atoms with E-state index in [1.165, 1.54) is 77.0 Å². The van der Waals surface area contributed by atoms with E-state index in [4.69, 9.17) is 4.98 Å². The summed E-state index contributed by atoms with van der Waals surface area (Å²) in [6.07, 6.45) is 0. The Morgan fingerprint density at radius 3 is 1.69 bits per heavy atom. The fourth-order valence-electron chi connectivity index (χ4n) is 6.95. The van der Waals surface area contributed by atoms with Gasteiger partial charge in [0, 0.05) is 21.9 Å². The number of aromatic nitrogens is 1. The maximum Gasteiger partial charge on any atom is 0.0794 e. The molecule has 42 heavy (non-hydrogen) atoms. The number of nitrogens with zero attached hydrogens (tertiary/aromatic N) is 1. The normalized spacial score (nSPS) is 11.8. The summed E-state index contributed by atoms with van der Waals surface area (Å²) in [6.45, 7) is 0. The van der Waals surface area contributed by atoms with Crippen molar-refractivity contribution in [1.82, 2.24) is 4.98 Å². The molecular formula is C41H25N. The van der Waals surface area contributed by atoms with Crippen molar-refractivity contribution >= 4 is 32.4 Å². The maximum atomic E-state index is 5.47. The summed E-state index contributed by atoms with van der Waals surface area (Å²) in [4.78, 5) is 5.47. The molecule has 0 N–H and O–H groups in total. The largest absolute Gasteiger partial charge is 0.247 e. The van der Waals surface area contributed by atoms with E-state index in [0.29, 0.717) is 0 Å². The van der Waals surface area contributed by atoms with Crippen LogP contribution in [-0.2, 0) is 0 Å². The Kier molecular flexibility index (Phi) is 4.97. The molecule has 0 atom stereocenters. The van der Waals surface area contributed by atoms with Crippen molar-refractivity contribution in [3.8, 4) is 55.8 Å². The smallest absolute Gasteiger partial charge is 0.0794 e. The molecule has 0 unspecified atom stereocenters. The fourth-order valence-corrected chi connectivity index (χ4v) is 6.95. The van der Waals surface area contributed by atoms with Crippen molar-refractivity contribution in [2.45, 2.75) is 0 Å². The minimum atomic E-state index is 0.998. The lowest BCUT2D eigenvalue weighted by molar-refractivity contribution is 1.41. The molecule has 7 aromatic carbocycles. The van der Waals surface area contributed by atoms with Crippen LogP contribution < -0.4 is 0 Å². The van der Waals surface area contributed by atoms with Gasteiger partial charge < -0.3 is 0 Å². The van der Waals surface area contributed by atoms with Gasteiger partial charge in [-0.2, -0.15) is 0 Å². The van der Waals surface area contributed by atoms with E-state index < -0.39 is 0 Å². The molecular weight excluding hydrogens is 506 g/mol. The highest BCUT2D eigenvalue weighted by Crippen LogP contribution is 2.54. The van der Waals surface area contributed by atoms with Crippen molar-refractivity contribution in [2.24, 2.45) is 0 Å². The fraction of sp³-hybridized carbons (Fsp3) is 0. The van der Waals surface area contributed by atoms with E-state index >= 15 is 0 Å². The zero-order valence-corrected chi connectivity index (χ0v) is 22.9. The molecule has 0 saturated heterocycles. The summed E-state index contributed by atoms with van der Waals surface area (Å²) in [5.41, 5.74) is 13.2. The van der Waals surface area contributed by atoms with E-state index in [1.54, 1.807) is 0 Å². The Morgan fingerprint density at radius 1 is 0.357 bits per heavy atom. The van der Waals surface area contributed by atoms with Crippen LogP contribution in [0.5, 0.6) is 0 Å². The minimum absolute atomic E-state index is 0.998. The second-order valence-corrected chi connectivity index (χ2v) is 11.1. The molecule has 1 heteroatoms. The maximum absolute atomic E-state index is 5.47. The molecule has 0 saturated carbocycles. The molecule has 0 spiro atoms. The summed E-state index contributed by atoms with van der Waals surface area (Å²) < 4.78 is 0. The van der Waals surface area contributed by atoms with Gasteiger partial charge >= 0.3 is 0 Å². The van der Waals surface area contributed by atoms with Crippen LogP contribution in [-0.4, -0.2) is 4.98 Å². The lowest BCUT2D eigenvalue weighted by Crippen LogP contribution is -1.94. The Hall–Kier alpha value is -5.53. The van der Waals surface area contributed by atoms with E-state index in [2.05, 4.69) is 152 Å². The average Bonchev–Trinajstić information content (AvgIpc) is 3.41. The second-order valence-electron chi connectivity index (χ2n) is 11.1. The molecule has 194 valence electrons. The van der Waals surface area contributed by atoms with Crippen LogP contribution in [0.1, 0.15) is 0 Å². The first-order valence-electron chi connectivity index (χ1n) is 14.5. The molecule has 9 rings (SSSR count). The van der Waals surface area contributed by atoms with Crippen molar-refractivity contribution < 1.29 is 0 Å². The van der Waals surface area contributed by atoms with Crippen LogP contribution in [0.3, 0.4) is 0 Å². The Balaban J connectivity index is 1.42. The van der Waals surface area contributed by atoms with Gasteiger partial charge in [-0.3, -0.25) is 0 Å². The zero-order chi connectivity index (χ0) is 27.6. The molecule has 1 heterocycles. The van der Waals surface area contributed by atoms with Crippen LogP contribution in [0.2, 0.25) is 0 Å². The SMILES string of the molecule is c1ccc(-c2ccc(-c3cc(-c4ccccc4)c4ccc5ccccc5c4n3)c3c2-c2cccc4cccc-3c24)cc1. The zero-order valence-electron chi connectivity index (χ0n) is 22.9.